The van der Waals surface area contributed by atoms with E-state index in [0.29, 0.717) is 6.42 Å². The number of nitrogens with one attached hydrogen (secondary N) is 1. The van der Waals surface area contributed by atoms with Crippen LogP contribution in [0.2, 0.25) is 0 Å². The van der Waals surface area contributed by atoms with Gasteiger partial charge in [-0.05, 0) is 13.1 Å². The molecule has 1 aromatic rings. The van der Waals surface area contributed by atoms with E-state index in [2.05, 4.69) is 12.2 Å². The smallest absolute Gasteiger partial charge is 0.226 e. The van der Waals surface area contributed by atoms with Gasteiger partial charge in [-0.1, -0.05) is 25.1 Å². The maximum atomic E-state index is 12.1. The molecule has 1 aliphatic rings. The Morgan fingerprint density at radius 2 is 2.16 bits per heavy atom. The number of likely N-dealkylation sites (N-methyl/N-ethyl adjacent to an activating group) is 2. The predicted molar refractivity (Wildman–Crippen MR) is 75.3 cm³/mol. The minimum absolute atomic E-state index is 0.0690. The Hall–Kier alpha value is -1.55. The number of amides is 1. The van der Waals surface area contributed by atoms with E-state index in [1.54, 1.807) is 4.90 Å². The van der Waals surface area contributed by atoms with Gasteiger partial charge in [0, 0.05) is 31.6 Å². The maximum absolute atomic E-state index is 12.1. The number of fused-ring (bicyclic) bond motifs is 1. The molecule has 4 nitrogen and oxygen atoms in total. The number of para-hydroxylation sites is 1. The highest BCUT2D eigenvalue weighted by Crippen LogP contribution is 2.24. The fraction of sp³-hybridized carbons (Fsp3) is 0.533. The van der Waals surface area contributed by atoms with Gasteiger partial charge in [-0.15, -0.1) is 0 Å². The molecular formula is C15H22N2O2. The van der Waals surface area contributed by atoms with Crippen molar-refractivity contribution in [1.82, 2.24) is 10.2 Å². The van der Waals surface area contributed by atoms with Gasteiger partial charge in [-0.25, -0.2) is 0 Å². The van der Waals surface area contributed by atoms with Crippen molar-refractivity contribution < 1.29 is 9.53 Å². The van der Waals surface area contributed by atoms with Gasteiger partial charge in [-0.3, -0.25) is 4.79 Å². The van der Waals surface area contributed by atoms with Crippen molar-refractivity contribution in [2.75, 3.05) is 27.2 Å². The molecule has 0 aromatic heterocycles. The topological polar surface area (TPSA) is 41.6 Å². The molecule has 0 bridgehead atoms. The molecule has 2 rings (SSSR count). The van der Waals surface area contributed by atoms with E-state index in [-0.39, 0.29) is 17.9 Å². The number of nitrogens with zero attached hydrogens (tertiary/aromatic N) is 1. The van der Waals surface area contributed by atoms with Gasteiger partial charge < -0.3 is 15.0 Å². The monoisotopic (exact) mass is 262 g/mol. The van der Waals surface area contributed by atoms with Crippen LogP contribution < -0.4 is 10.1 Å². The van der Waals surface area contributed by atoms with Crippen LogP contribution in [0.25, 0.3) is 0 Å². The average molecular weight is 262 g/mol. The first-order chi connectivity index (χ1) is 9.11. The van der Waals surface area contributed by atoms with Crippen LogP contribution in [0.5, 0.6) is 5.75 Å². The Morgan fingerprint density at radius 1 is 1.42 bits per heavy atom. The van der Waals surface area contributed by atoms with E-state index in [1.165, 1.54) is 0 Å². The Kier molecular flexibility index (Phi) is 4.43. The van der Waals surface area contributed by atoms with Gasteiger partial charge in [0.15, 0.2) is 0 Å². The third kappa shape index (κ3) is 3.26. The van der Waals surface area contributed by atoms with Crippen molar-refractivity contribution in [2.24, 2.45) is 5.92 Å². The molecule has 0 saturated carbocycles. The fourth-order valence-corrected chi connectivity index (χ4v) is 2.44. The highest BCUT2D eigenvalue weighted by atomic mass is 16.5. The van der Waals surface area contributed by atoms with Crippen LogP contribution in [0.3, 0.4) is 0 Å². The van der Waals surface area contributed by atoms with Crippen LogP contribution >= 0.6 is 0 Å². The van der Waals surface area contributed by atoms with Crippen LogP contribution in [0.15, 0.2) is 24.3 Å². The van der Waals surface area contributed by atoms with Gasteiger partial charge in [-0.2, -0.15) is 0 Å². The van der Waals surface area contributed by atoms with E-state index in [4.69, 9.17) is 4.74 Å². The highest BCUT2D eigenvalue weighted by Gasteiger charge is 2.25. The Balaban J connectivity index is 2.32. The Morgan fingerprint density at radius 3 is 2.89 bits per heavy atom. The highest BCUT2D eigenvalue weighted by molar-refractivity contribution is 5.79. The number of ether oxygens (including phenoxy) is 1. The van der Waals surface area contributed by atoms with E-state index >= 15 is 0 Å². The maximum Gasteiger partial charge on any atom is 0.226 e. The molecule has 0 aliphatic carbocycles. The number of rotatable bonds is 2. The quantitative estimate of drug-likeness (QED) is 0.873. The molecule has 4 heteroatoms. The molecule has 2 atom stereocenters. The zero-order chi connectivity index (χ0) is 13.8. The molecule has 104 valence electrons. The molecule has 19 heavy (non-hydrogen) atoms. The third-order valence-corrected chi connectivity index (χ3v) is 3.62. The number of hydrogen-bond acceptors (Lipinski definition) is 3. The summed E-state index contributed by atoms with van der Waals surface area (Å²) >= 11 is 0. The summed E-state index contributed by atoms with van der Waals surface area (Å²) in [6.45, 7) is 3.62. The molecule has 0 unspecified atom stereocenters. The van der Waals surface area contributed by atoms with Crippen LogP contribution in [0.1, 0.15) is 12.5 Å². The second-order valence-corrected chi connectivity index (χ2v) is 5.25. The van der Waals surface area contributed by atoms with Gasteiger partial charge in [0.05, 0.1) is 6.42 Å². The first-order valence-corrected chi connectivity index (χ1v) is 6.75. The van der Waals surface area contributed by atoms with Crippen molar-refractivity contribution in [3.05, 3.63) is 29.8 Å². The summed E-state index contributed by atoms with van der Waals surface area (Å²) in [6.07, 6.45) is 0.477. The molecule has 1 amide bonds. The average Bonchev–Trinajstić information content (AvgIpc) is 2.42. The lowest BCUT2D eigenvalue weighted by Crippen LogP contribution is -2.41. The van der Waals surface area contributed by atoms with E-state index in [1.807, 2.05) is 38.4 Å². The number of carbonyl (C=O) groups is 1. The molecule has 1 heterocycles. The summed E-state index contributed by atoms with van der Waals surface area (Å²) in [6, 6.07) is 7.81. The molecule has 1 aliphatic heterocycles. The molecule has 0 saturated heterocycles. The first kappa shape index (κ1) is 13.9. The second-order valence-electron chi connectivity index (χ2n) is 5.25. The molecule has 0 spiro atoms. The molecular weight excluding hydrogens is 240 g/mol. The van der Waals surface area contributed by atoms with Crippen LogP contribution in [0.4, 0.5) is 0 Å². The zero-order valence-electron chi connectivity index (χ0n) is 11.8. The molecule has 1 N–H and O–H groups in total. The van der Waals surface area contributed by atoms with Gasteiger partial charge >= 0.3 is 0 Å². The summed E-state index contributed by atoms with van der Waals surface area (Å²) in [5, 5.41) is 3.16. The molecule has 1 aromatic carbocycles. The fourth-order valence-electron chi connectivity index (χ4n) is 2.44. The summed E-state index contributed by atoms with van der Waals surface area (Å²) in [4.78, 5) is 14.0. The minimum atomic E-state index is 0.0690. The van der Waals surface area contributed by atoms with Crippen LogP contribution in [0, 0.1) is 5.92 Å². The van der Waals surface area contributed by atoms with Gasteiger partial charge in [0.2, 0.25) is 5.91 Å². The van der Waals surface area contributed by atoms with E-state index < -0.39 is 0 Å². The Bertz CT molecular complexity index is 448. The largest absolute Gasteiger partial charge is 0.488 e. The predicted octanol–water partition coefficient (Wildman–Crippen LogP) is 1.30. The first-order valence-electron chi connectivity index (χ1n) is 6.75. The number of carbonyl (C=O) groups excluding carboxylic acids is 1. The van der Waals surface area contributed by atoms with Crippen molar-refractivity contribution in [1.29, 1.82) is 0 Å². The molecule has 0 fully saturated rings. The van der Waals surface area contributed by atoms with Crippen molar-refractivity contribution in [3.63, 3.8) is 0 Å². The number of benzene rings is 1. The summed E-state index contributed by atoms with van der Waals surface area (Å²) in [5.41, 5.74) is 0.967. The summed E-state index contributed by atoms with van der Waals surface area (Å²) in [7, 11) is 3.78. The van der Waals surface area contributed by atoms with Gasteiger partial charge in [0.1, 0.15) is 11.9 Å². The summed E-state index contributed by atoms with van der Waals surface area (Å²) < 4.78 is 6.12. The van der Waals surface area contributed by atoms with E-state index in [9.17, 15) is 4.79 Å². The summed E-state index contributed by atoms with van der Waals surface area (Å²) in [5.74, 6) is 1.26. The second kappa shape index (κ2) is 6.06. The minimum Gasteiger partial charge on any atom is -0.488 e. The zero-order valence-corrected chi connectivity index (χ0v) is 11.8. The normalized spacial score (nSPS) is 23.9. The van der Waals surface area contributed by atoms with Crippen molar-refractivity contribution in [3.8, 4) is 5.75 Å². The van der Waals surface area contributed by atoms with Crippen molar-refractivity contribution >= 4 is 5.91 Å². The van der Waals surface area contributed by atoms with Crippen molar-refractivity contribution in [2.45, 2.75) is 19.4 Å². The SMILES string of the molecule is CNC[C@H]1Oc2ccccc2CC(=O)N(C)C[C@@H]1C. The van der Waals surface area contributed by atoms with Crippen LogP contribution in [-0.2, 0) is 11.2 Å². The van der Waals surface area contributed by atoms with E-state index in [0.717, 1.165) is 24.4 Å². The van der Waals surface area contributed by atoms with Gasteiger partial charge in [0.25, 0.3) is 0 Å². The standard InChI is InChI=1S/C15H22N2O2/c1-11-10-17(3)15(18)8-12-6-4-5-7-13(12)19-14(11)9-16-2/h4-7,11,14,16H,8-10H2,1-3H3/t11-,14+/m0/s1. The third-order valence-electron chi connectivity index (χ3n) is 3.62. The number of hydrogen-bond donors (Lipinski definition) is 1. The molecule has 0 radical (unpaired) electrons. The lowest BCUT2D eigenvalue weighted by atomic mass is 10.0. The lowest BCUT2D eigenvalue weighted by molar-refractivity contribution is -0.129. The van der Waals surface area contributed by atoms with Crippen LogP contribution in [-0.4, -0.2) is 44.1 Å². The Labute approximate surface area is 114 Å². The lowest BCUT2D eigenvalue weighted by Gasteiger charge is -2.27.